The van der Waals surface area contributed by atoms with Crippen LogP contribution >= 0.6 is 0 Å². The van der Waals surface area contributed by atoms with Gasteiger partial charge in [-0.2, -0.15) is 0 Å². The second-order valence-corrected chi connectivity index (χ2v) is 4.73. The number of ether oxygens (including phenoxy) is 3. The fraction of sp³-hybridized carbons (Fsp3) is 0.235. The molecule has 1 amide bonds. The van der Waals surface area contributed by atoms with Gasteiger partial charge in [0.15, 0.2) is 11.5 Å². The van der Waals surface area contributed by atoms with Crippen molar-refractivity contribution in [1.82, 2.24) is 0 Å². The maximum atomic E-state index is 11.3. The molecule has 0 unspecified atom stereocenters. The summed E-state index contributed by atoms with van der Waals surface area (Å²) in [5.41, 5.74) is 7.69. The largest absolute Gasteiger partial charge is 0.493 e. The number of benzene rings is 2. The van der Waals surface area contributed by atoms with Gasteiger partial charge in [0.2, 0.25) is 11.7 Å². The van der Waals surface area contributed by atoms with Crippen LogP contribution in [0.1, 0.15) is 21.5 Å². The molecule has 22 heavy (non-hydrogen) atoms. The van der Waals surface area contributed by atoms with E-state index in [-0.39, 0.29) is 0 Å². The molecule has 0 saturated carbocycles. The van der Waals surface area contributed by atoms with E-state index < -0.39 is 5.91 Å². The molecule has 0 aliphatic carbocycles. The first-order chi connectivity index (χ1) is 10.6. The number of primary amides is 1. The smallest absolute Gasteiger partial charge is 0.248 e. The molecule has 0 fully saturated rings. The summed E-state index contributed by atoms with van der Waals surface area (Å²) >= 11 is 0. The van der Waals surface area contributed by atoms with Crippen molar-refractivity contribution in [3.63, 3.8) is 0 Å². The highest BCUT2D eigenvalue weighted by atomic mass is 16.5. The van der Waals surface area contributed by atoms with Crippen molar-refractivity contribution in [3.8, 4) is 17.2 Å². The molecule has 2 N–H and O–H groups in total. The molecule has 2 rings (SSSR count). The van der Waals surface area contributed by atoms with Gasteiger partial charge < -0.3 is 19.9 Å². The third kappa shape index (κ3) is 3.14. The Morgan fingerprint density at radius 1 is 1.00 bits per heavy atom. The minimum atomic E-state index is -0.443. The quantitative estimate of drug-likeness (QED) is 0.889. The molecule has 0 heterocycles. The normalized spacial score (nSPS) is 10.1. The summed E-state index contributed by atoms with van der Waals surface area (Å²) < 4.78 is 16.1. The van der Waals surface area contributed by atoms with Gasteiger partial charge in [-0.25, -0.2) is 0 Å². The van der Waals surface area contributed by atoms with Gasteiger partial charge in [-0.3, -0.25) is 4.79 Å². The molecule has 116 valence electrons. The Labute approximate surface area is 129 Å². The summed E-state index contributed by atoms with van der Waals surface area (Å²) in [5.74, 6) is 1.33. The van der Waals surface area contributed by atoms with Gasteiger partial charge in [0, 0.05) is 17.5 Å². The van der Waals surface area contributed by atoms with Crippen LogP contribution in [-0.2, 0) is 6.42 Å². The summed E-state index contributed by atoms with van der Waals surface area (Å²) in [4.78, 5) is 11.3. The van der Waals surface area contributed by atoms with Gasteiger partial charge in [-0.15, -0.1) is 0 Å². The highest BCUT2D eigenvalue weighted by molar-refractivity contribution is 5.92. The number of hydrogen-bond acceptors (Lipinski definition) is 4. The van der Waals surface area contributed by atoms with Crippen LogP contribution in [0.25, 0.3) is 0 Å². The zero-order valence-electron chi connectivity index (χ0n) is 12.9. The molecule has 0 atom stereocenters. The number of amides is 1. The predicted molar refractivity (Wildman–Crippen MR) is 83.9 cm³/mol. The van der Waals surface area contributed by atoms with Gasteiger partial charge in [0.25, 0.3) is 0 Å². The number of methoxy groups -OCH3 is 3. The molecule has 2 aromatic rings. The Balaban J connectivity index is 2.41. The first kappa shape index (κ1) is 15.7. The van der Waals surface area contributed by atoms with E-state index in [1.54, 1.807) is 33.5 Å². The van der Waals surface area contributed by atoms with Gasteiger partial charge >= 0.3 is 0 Å². The van der Waals surface area contributed by atoms with E-state index in [0.29, 0.717) is 29.2 Å². The second kappa shape index (κ2) is 6.85. The molecule has 0 saturated heterocycles. The second-order valence-electron chi connectivity index (χ2n) is 4.73. The van der Waals surface area contributed by atoms with Gasteiger partial charge in [0.1, 0.15) is 0 Å². The van der Waals surface area contributed by atoms with Crippen LogP contribution in [-0.4, -0.2) is 27.2 Å². The molecule has 0 aliphatic heterocycles. The Morgan fingerprint density at radius 3 is 2.32 bits per heavy atom. The first-order valence-electron chi connectivity index (χ1n) is 6.77. The highest BCUT2D eigenvalue weighted by Crippen LogP contribution is 2.40. The number of rotatable bonds is 6. The van der Waals surface area contributed by atoms with E-state index in [2.05, 4.69) is 0 Å². The standard InChI is InChI=1S/C17H19NO4/c1-20-14-8-7-12(15(21-2)16(14)22-3)9-11-5-4-6-13(10-11)17(18)19/h4-8,10H,9H2,1-3H3,(H2,18,19). The zero-order valence-corrected chi connectivity index (χ0v) is 12.9. The van der Waals surface area contributed by atoms with E-state index in [0.717, 1.165) is 11.1 Å². The summed E-state index contributed by atoms with van der Waals surface area (Å²) in [7, 11) is 4.73. The highest BCUT2D eigenvalue weighted by Gasteiger charge is 2.16. The molecule has 0 bridgehead atoms. The lowest BCUT2D eigenvalue weighted by Crippen LogP contribution is -2.11. The topological polar surface area (TPSA) is 70.8 Å². The summed E-state index contributed by atoms with van der Waals surface area (Å²) in [5, 5.41) is 0. The third-order valence-electron chi connectivity index (χ3n) is 3.39. The molecule has 5 heteroatoms. The number of nitrogens with two attached hydrogens (primary N) is 1. The fourth-order valence-electron chi connectivity index (χ4n) is 2.36. The van der Waals surface area contributed by atoms with Gasteiger partial charge in [0.05, 0.1) is 21.3 Å². The van der Waals surface area contributed by atoms with E-state index in [1.165, 1.54) is 0 Å². The summed E-state index contributed by atoms with van der Waals surface area (Å²) in [6.45, 7) is 0. The van der Waals surface area contributed by atoms with Gasteiger partial charge in [-0.1, -0.05) is 18.2 Å². The lowest BCUT2D eigenvalue weighted by atomic mass is 10.0. The number of hydrogen-bond donors (Lipinski definition) is 1. The van der Waals surface area contributed by atoms with Crippen molar-refractivity contribution in [3.05, 3.63) is 53.1 Å². The average Bonchev–Trinajstić information content (AvgIpc) is 2.54. The average molecular weight is 301 g/mol. The van der Waals surface area contributed by atoms with Crippen molar-refractivity contribution in [1.29, 1.82) is 0 Å². The van der Waals surface area contributed by atoms with Crippen molar-refractivity contribution < 1.29 is 19.0 Å². The lowest BCUT2D eigenvalue weighted by molar-refractivity contribution is 0.1000. The van der Waals surface area contributed by atoms with Crippen LogP contribution in [0.2, 0.25) is 0 Å². The number of carbonyl (C=O) groups excluding carboxylic acids is 1. The maximum Gasteiger partial charge on any atom is 0.248 e. The Kier molecular flexibility index (Phi) is 4.88. The molecule has 2 aromatic carbocycles. The lowest BCUT2D eigenvalue weighted by Gasteiger charge is -2.16. The Hall–Kier alpha value is -2.69. The van der Waals surface area contributed by atoms with E-state index in [9.17, 15) is 4.79 Å². The maximum absolute atomic E-state index is 11.3. The summed E-state index contributed by atoms with van der Waals surface area (Å²) in [6.07, 6.45) is 0.588. The predicted octanol–water partition coefficient (Wildman–Crippen LogP) is 2.40. The van der Waals surface area contributed by atoms with Crippen molar-refractivity contribution in [2.45, 2.75) is 6.42 Å². The number of carbonyl (C=O) groups is 1. The third-order valence-corrected chi connectivity index (χ3v) is 3.39. The van der Waals surface area contributed by atoms with E-state index in [1.807, 2.05) is 24.3 Å². The van der Waals surface area contributed by atoms with Gasteiger partial charge in [-0.05, 0) is 23.8 Å². The fourth-order valence-corrected chi connectivity index (χ4v) is 2.36. The molecule has 0 radical (unpaired) electrons. The van der Waals surface area contributed by atoms with Crippen LogP contribution in [0.3, 0.4) is 0 Å². The van der Waals surface area contributed by atoms with Crippen LogP contribution in [0, 0.1) is 0 Å². The molecular formula is C17H19NO4. The van der Waals surface area contributed by atoms with Crippen LogP contribution in [0.5, 0.6) is 17.2 Å². The minimum absolute atomic E-state index is 0.443. The SMILES string of the molecule is COc1ccc(Cc2cccc(C(N)=O)c2)c(OC)c1OC. The van der Waals surface area contributed by atoms with Crippen LogP contribution in [0.15, 0.2) is 36.4 Å². The van der Waals surface area contributed by atoms with Crippen molar-refractivity contribution >= 4 is 5.91 Å². The van der Waals surface area contributed by atoms with E-state index >= 15 is 0 Å². The monoisotopic (exact) mass is 301 g/mol. The Bertz CT molecular complexity index is 682. The molecule has 5 nitrogen and oxygen atoms in total. The van der Waals surface area contributed by atoms with E-state index in [4.69, 9.17) is 19.9 Å². The van der Waals surface area contributed by atoms with Crippen LogP contribution < -0.4 is 19.9 Å². The van der Waals surface area contributed by atoms with Crippen molar-refractivity contribution in [2.75, 3.05) is 21.3 Å². The molecule has 0 spiro atoms. The zero-order chi connectivity index (χ0) is 16.1. The molecule has 0 aliphatic rings. The Morgan fingerprint density at radius 2 is 1.73 bits per heavy atom. The van der Waals surface area contributed by atoms with Crippen molar-refractivity contribution in [2.24, 2.45) is 5.73 Å². The minimum Gasteiger partial charge on any atom is -0.493 e. The first-order valence-corrected chi connectivity index (χ1v) is 6.77. The van der Waals surface area contributed by atoms with Crippen LogP contribution in [0.4, 0.5) is 0 Å². The molecule has 0 aromatic heterocycles. The summed E-state index contributed by atoms with van der Waals surface area (Å²) in [6, 6.07) is 11.0. The molecular weight excluding hydrogens is 282 g/mol.